The molecule has 0 saturated carbocycles. The fourth-order valence-corrected chi connectivity index (χ4v) is 2.47. The van der Waals surface area contributed by atoms with Crippen LogP contribution >= 0.6 is 11.3 Å². The Labute approximate surface area is 106 Å². The fraction of sp³-hybridized carbons (Fsp3) is 0.286. The number of hydrogen-bond acceptors (Lipinski definition) is 3. The van der Waals surface area contributed by atoms with Gasteiger partial charge in [-0.1, -0.05) is 6.92 Å². The maximum Gasteiger partial charge on any atom is 0.119 e. The maximum absolute atomic E-state index is 5.61. The van der Waals surface area contributed by atoms with E-state index in [0.717, 1.165) is 18.8 Å². The van der Waals surface area contributed by atoms with Crippen LogP contribution < -0.4 is 10.5 Å². The highest BCUT2D eigenvalue weighted by Crippen LogP contribution is 2.29. The highest BCUT2D eigenvalue weighted by atomic mass is 32.1. The highest BCUT2D eigenvalue weighted by molar-refractivity contribution is 7.15. The topological polar surface area (TPSA) is 35.2 Å². The minimum atomic E-state index is 0.613. The molecule has 1 aromatic heterocycles. The standard InChI is InChI=1S/C14H17NOS/c1-2-9-16-12-5-3-11(4-6-12)14-8-7-13(10-15)17-14/h3-8H,2,9-10,15H2,1H3. The van der Waals surface area contributed by atoms with Crippen LogP contribution in [0.25, 0.3) is 10.4 Å². The lowest BCUT2D eigenvalue weighted by molar-refractivity contribution is 0.317. The molecule has 0 unspecified atom stereocenters. The zero-order chi connectivity index (χ0) is 12.1. The summed E-state index contributed by atoms with van der Waals surface area (Å²) in [6.07, 6.45) is 1.03. The van der Waals surface area contributed by atoms with E-state index in [9.17, 15) is 0 Å². The molecule has 1 aromatic carbocycles. The summed E-state index contributed by atoms with van der Waals surface area (Å²) < 4.78 is 5.56. The van der Waals surface area contributed by atoms with Crippen molar-refractivity contribution in [3.05, 3.63) is 41.3 Å². The predicted molar refractivity (Wildman–Crippen MR) is 73.4 cm³/mol. The third-order valence-corrected chi connectivity index (χ3v) is 3.63. The third-order valence-electron chi connectivity index (χ3n) is 2.47. The molecule has 90 valence electrons. The van der Waals surface area contributed by atoms with E-state index in [0.29, 0.717) is 6.54 Å². The summed E-state index contributed by atoms with van der Waals surface area (Å²) in [6, 6.07) is 12.4. The van der Waals surface area contributed by atoms with Crippen molar-refractivity contribution in [2.75, 3.05) is 6.61 Å². The van der Waals surface area contributed by atoms with Crippen molar-refractivity contribution >= 4 is 11.3 Å². The van der Waals surface area contributed by atoms with Crippen molar-refractivity contribution in [2.24, 2.45) is 5.73 Å². The van der Waals surface area contributed by atoms with Gasteiger partial charge in [-0.2, -0.15) is 0 Å². The van der Waals surface area contributed by atoms with E-state index in [-0.39, 0.29) is 0 Å². The van der Waals surface area contributed by atoms with E-state index in [1.54, 1.807) is 11.3 Å². The summed E-state index contributed by atoms with van der Waals surface area (Å²) in [7, 11) is 0. The average molecular weight is 247 g/mol. The summed E-state index contributed by atoms with van der Waals surface area (Å²) in [5.74, 6) is 0.936. The SMILES string of the molecule is CCCOc1ccc(-c2ccc(CN)s2)cc1. The summed E-state index contributed by atoms with van der Waals surface area (Å²) in [5.41, 5.74) is 6.83. The fourth-order valence-electron chi connectivity index (χ4n) is 1.58. The van der Waals surface area contributed by atoms with Crippen LogP contribution in [0, 0.1) is 0 Å². The summed E-state index contributed by atoms with van der Waals surface area (Å²) in [5, 5.41) is 0. The van der Waals surface area contributed by atoms with Gasteiger partial charge in [0, 0.05) is 16.3 Å². The molecule has 17 heavy (non-hydrogen) atoms. The second kappa shape index (κ2) is 5.84. The van der Waals surface area contributed by atoms with Crippen LogP contribution in [0.5, 0.6) is 5.75 Å². The molecule has 2 rings (SSSR count). The van der Waals surface area contributed by atoms with E-state index in [1.165, 1.54) is 15.3 Å². The van der Waals surface area contributed by atoms with Crippen LogP contribution in [0.1, 0.15) is 18.2 Å². The van der Waals surface area contributed by atoms with Gasteiger partial charge in [0.05, 0.1) is 6.61 Å². The first-order valence-electron chi connectivity index (χ1n) is 5.85. The van der Waals surface area contributed by atoms with E-state index in [2.05, 4.69) is 31.2 Å². The van der Waals surface area contributed by atoms with Gasteiger partial charge >= 0.3 is 0 Å². The third kappa shape index (κ3) is 3.08. The molecule has 0 fully saturated rings. The molecule has 2 nitrogen and oxygen atoms in total. The molecular formula is C14H17NOS. The van der Waals surface area contributed by atoms with Gasteiger partial charge in [0.1, 0.15) is 5.75 Å². The quantitative estimate of drug-likeness (QED) is 0.875. The molecule has 2 N–H and O–H groups in total. The number of hydrogen-bond donors (Lipinski definition) is 1. The van der Waals surface area contributed by atoms with Crippen LogP contribution in [0.4, 0.5) is 0 Å². The van der Waals surface area contributed by atoms with Crippen LogP contribution in [-0.4, -0.2) is 6.61 Å². The number of ether oxygens (including phenoxy) is 1. The lowest BCUT2D eigenvalue weighted by Gasteiger charge is -2.04. The minimum absolute atomic E-state index is 0.613. The zero-order valence-corrected chi connectivity index (χ0v) is 10.8. The van der Waals surface area contributed by atoms with Crippen molar-refractivity contribution in [1.82, 2.24) is 0 Å². The van der Waals surface area contributed by atoms with Gasteiger partial charge in [-0.05, 0) is 48.4 Å². The second-order valence-electron chi connectivity index (χ2n) is 3.84. The van der Waals surface area contributed by atoms with E-state index in [1.807, 2.05) is 12.1 Å². The van der Waals surface area contributed by atoms with Crippen LogP contribution in [0.15, 0.2) is 36.4 Å². The first-order chi connectivity index (χ1) is 8.33. The Kier molecular flexibility index (Phi) is 4.18. The molecule has 0 aliphatic heterocycles. The molecule has 0 saturated heterocycles. The van der Waals surface area contributed by atoms with Crippen molar-refractivity contribution in [2.45, 2.75) is 19.9 Å². The number of rotatable bonds is 5. The summed E-state index contributed by atoms with van der Waals surface area (Å²) in [6.45, 7) is 3.49. The Morgan fingerprint density at radius 2 is 1.88 bits per heavy atom. The van der Waals surface area contributed by atoms with E-state index < -0.39 is 0 Å². The lowest BCUT2D eigenvalue weighted by Crippen LogP contribution is -1.94. The molecule has 0 aliphatic carbocycles. The lowest BCUT2D eigenvalue weighted by atomic mass is 10.2. The first kappa shape index (κ1) is 12.1. The molecule has 0 radical (unpaired) electrons. The van der Waals surface area contributed by atoms with Gasteiger partial charge in [-0.25, -0.2) is 0 Å². The number of nitrogens with two attached hydrogens (primary N) is 1. The largest absolute Gasteiger partial charge is 0.494 e. The van der Waals surface area contributed by atoms with Crippen molar-refractivity contribution in [3.63, 3.8) is 0 Å². The summed E-state index contributed by atoms with van der Waals surface area (Å²) >= 11 is 1.74. The normalized spacial score (nSPS) is 10.5. The van der Waals surface area contributed by atoms with Crippen molar-refractivity contribution < 1.29 is 4.74 Å². The molecule has 1 heterocycles. The zero-order valence-electron chi connectivity index (χ0n) is 9.98. The van der Waals surface area contributed by atoms with Gasteiger partial charge in [-0.3, -0.25) is 0 Å². The molecule has 0 atom stereocenters. The predicted octanol–water partition coefficient (Wildman–Crippen LogP) is 3.66. The molecular weight excluding hydrogens is 230 g/mol. The smallest absolute Gasteiger partial charge is 0.119 e. The number of benzene rings is 1. The van der Waals surface area contributed by atoms with Crippen LogP contribution in [-0.2, 0) is 6.54 Å². The van der Waals surface area contributed by atoms with E-state index >= 15 is 0 Å². The van der Waals surface area contributed by atoms with Gasteiger partial charge in [0.2, 0.25) is 0 Å². The molecule has 0 bridgehead atoms. The number of thiophene rings is 1. The maximum atomic E-state index is 5.61. The Balaban J connectivity index is 2.11. The van der Waals surface area contributed by atoms with Gasteiger partial charge < -0.3 is 10.5 Å². The van der Waals surface area contributed by atoms with Gasteiger partial charge in [0.25, 0.3) is 0 Å². The molecule has 0 aliphatic rings. The molecule has 0 spiro atoms. The second-order valence-corrected chi connectivity index (χ2v) is 5.01. The van der Waals surface area contributed by atoms with Gasteiger partial charge in [-0.15, -0.1) is 11.3 Å². The van der Waals surface area contributed by atoms with Crippen molar-refractivity contribution in [1.29, 1.82) is 0 Å². The summed E-state index contributed by atoms with van der Waals surface area (Å²) in [4.78, 5) is 2.47. The van der Waals surface area contributed by atoms with Crippen LogP contribution in [0.2, 0.25) is 0 Å². The highest BCUT2D eigenvalue weighted by Gasteiger charge is 2.02. The first-order valence-corrected chi connectivity index (χ1v) is 6.67. The molecule has 2 aromatic rings. The Morgan fingerprint density at radius 1 is 1.12 bits per heavy atom. The van der Waals surface area contributed by atoms with Gasteiger partial charge in [0.15, 0.2) is 0 Å². The Bertz CT molecular complexity index is 461. The Morgan fingerprint density at radius 3 is 2.47 bits per heavy atom. The molecule has 3 heteroatoms. The minimum Gasteiger partial charge on any atom is -0.494 e. The van der Waals surface area contributed by atoms with E-state index in [4.69, 9.17) is 10.5 Å². The average Bonchev–Trinajstić information content (AvgIpc) is 2.86. The molecule has 0 amide bonds. The van der Waals surface area contributed by atoms with Crippen molar-refractivity contribution in [3.8, 4) is 16.2 Å². The Hall–Kier alpha value is -1.32. The monoisotopic (exact) mass is 247 g/mol. The van der Waals surface area contributed by atoms with Crippen LogP contribution in [0.3, 0.4) is 0 Å².